The number of Topliss-reactive ketones (excluding diaryl/α,β-unsaturated/α-hetero) is 1. The smallest absolute Gasteiger partial charge is 0.256 e. The zero-order valence-corrected chi connectivity index (χ0v) is 22.2. The SMILES string of the molecule is CC(C)CC(CC(=O)c1ccc2c(c1)C(NC(=O)c1ccc(N3CCOCC3)cc1)=NC2)c1cccs1. The number of anilines is 1. The van der Waals surface area contributed by atoms with Crippen molar-refractivity contribution >= 4 is 34.6 Å². The van der Waals surface area contributed by atoms with Crippen molar-refractivity contribution in [2.45, 2.75) is 39.2 Å². The Morgan fingerprint density at radius 1 is 1.05 bits per heavy atom. The van der Waals surface area contributed by atoms with Crippen LogP contribution in [-0.2, 0) is 11.3 Å². The number of fused-ring (bicyclic) bond motifs is 1. The van der Waals surface area contributed by atoms with Gasteiger partial charge in [-0.15, -0.1) is 11.3 Å². The molecule has 2 aromatic carbocycles. The monoisotopic (exact) mass is 515 g/mol. The molecule has 0 spiro atoms. The molecule has 1 fully saturated rings. The molecule has 0 radical (unpaired) electrons. The number of hydrogen-bond donors (Lipinski definition) is 1. The Labute approximate surface area is 222 Å². The Kier molecular flexibility index (Phi) is 7.82. The van der Waals surface area contributed by atoms with E-state index >= 15 is 0 Å². The fourth-order valence-corrected chi connectivity index (χ4v) is 5.87. The van der Waals surface area contributed by atoms with E-state index in [2.05, 4.69) is 46.6 Å². The fourth-order valence-electron chi connectivity index (χ4n) is 5.02. The average Bonchev–Trinajstić information content (AvgIpc) is 3.59. The van der Waals surface area contributed by atoms with Crippen molar-refractivity contribution in [1.29, 1.82) is 0 Å². The third kappa shape index (κ3) is 6.00. The first kappa shape index (κ1) is 25.4. The van der Waals surface area contributed by atoms with Crippen LogP contribution in [0.1, 0.15) is 69.3 Å². The number of rotatable bonds is 8. The number of morpholine rings is 1. The number of amidine groups is 1. The molecule has 7 heteroatoms. The number of nitrogens with zero attached hydrogens (tertiary/aromatic N) is 2. The van der Waals surface area contributed by atoms with Crippen molar-refractivity contribution < 1.29 is 14.3 Å². The van der Waals surface area contributed by atoms with Crippen LogP contribution < -0.4 is 10.2 Å². The van der Waals surface area contributed by atoms with Crippen LogP contribution in [0.4, 0.5) is 5.69 Å². The summed E-state index contributed by atoms with van der Waals surface area (Å²) < 4.78 is 5.42. The lowest BCUT2D eigenvalue weighted by molar-refractivity contribution is 0.0966. The zero-order valence-electron chi connectivity index (χ0n) is 21.4. The van der Waals surface area contributed by atoms with Gasteiger partial charge in [-0.2, -0.15) is 0 Å². The predicted molar refractivity (Wildman–Crippen MR) is 149 cm³/mol. The van der Waals surface area contributed by atoms with E-state index in [0.29, 0.717) is 35.8 Å². The van der Waals surface area contributed by atoms with Crippen molar-refractivity contribution in [2.75, 3.05) is 31.2 Å². The number of nitrogens with one attached hydrogen (secondary N) is 1. The molecule has 1 N–H and O–H groups in total. The van der Waals surface area contributed by atoms with Gasteiger partial charge in [-0.1, -0.05) is 32.0 Å². The summed E-state index contributed by atoms with van der Waals surface area (Å²) in [6.07, 6.45) is 1.45. The van der Waals surface area contributed by atoms with E-state index in [1.165, 1.54) is 4.88 Å². The summed E-state index contributed by atoms with van der Waals surface area (Å²) >= 11 is 1.72. The Hall–Kier alpha value is -3.29. The van der Waals surface area contributed by atoms with Crippen LogP contribution in [0.3, 0.4) is 0 Å². The summed E-state index contributed by atoms with van der Waals surface area (Å²) in [5.41, 5.74) is 4.19. The van der Waals surface area contributed by atoms with Gasteiger partial charge in [-0.3, -0.25) is 14.6 Å². The van der Waals surface area contributed by atoms with E-state index in [1.807, 2.05) is 42.5 Å². The lowest BCUT2D eigenvalue weighted by atomic mass is 9.89. The molecular weight excluding hydrogens is 482 g/mol. The summed E-state index contributed by atoms with van der Waals surface area (Å²) in [5, 5.41) is 5.05. The molecule has 1 aromatic heterocycles. The summed E-state index contributed by atoms with van der Waals surface area (Å²) in [4.78, 5) is 34.4. The van der Waals surface area contributed by atoms with Crippen LogP contribution in [0.2, 0.25) is 0 Å². The number of ketones is 1. The summed E-state index contributed by atoms with van der Waals surface area (Å²) in [5.74, 6) is 1.18. The summed E-state index contributed by atoms with van der Waals surface area (Å²) in [6.45, 7) is 8.04. The van der Waals surface area contributed by atoms with Crippen molar-refractivity contribution in [3.63, 3.8) is 0 Å². The maximum atomic E-state index is 13.3. The van der Waals surface area contributed by atoms with Crippen LogP contribution in [0.5, 0.6) is 0 Å². The highest BCUT2D eigenvalue weighted by Crippen LogP contribution is 2.32. The van der Waals surface area contributed by atoms with Gasteiger partial charge in [-0.25, -0.2) is 0 Å². The van der Waals surface area contributed by atoms with Gasteiger partial charge in [0.25, 0.3) is 5.91 Å². The van der Waals surface area contributed by atoms with Crippen LogP contribution in [0, 0.1) is 5.92 Å². The topological polar surface area (TPSA) is 71.0 Å². The van der Waals surface area contributed by atoms with E-state index in [1.54, 1.807) is 11.3 Å². The number of hydrogen-bond acceptors (Lipinski definition) is 6. The largest absolute Gasteiger partial charge is 0.378 e. The first-order valence-electron chi connectivity index (χ1n) is 13.0. The standard InChI is InChI=1S/C30H33N3O3S/c1-20(2)16-24(28-4-3-15-37-28)18-27(34)22-5-6-23-19-31-29(26(23)17-22)32-30(35)21-7-9-25(10-8-21)33-11-13-36-14-12-33/h3-10,15,17,20,24H,11-14,16,18-19H2,1-2H3,(H,31,32,35). The van der Waals surface area contributed by atoms with Gasteiger partial charge in [0.05, 0.1) is 19.8 Å². The van der Waals surface area contributed by atoms with Crippen molar-refractivity contribution in [3.05, 3.63) is 87.1 Å². The molecule has 1 amide bonds. The van der Waals surface area contributed by atoms with Crippen LogP contribution in [-0.4, -0.2) is 43.8 Å². The molecule has 3 aromatic rings. The van der Waals surface area contributed by atoms with E-state index in [4.69, 9.17) is 4.74 Å². The minimum Gasteiger partial charge on any atom is -0.378 e. The molecule has 2 aliphatic heterocycles. The quantitative estimate of drug-likeness (QED) is 0.392. The second kappa shape index (κ2) is 11.4. The second-order valence-corrected chi connectivity index (χ2v) is 11.1. The maximum absolute atomic E-state index is 13.3. The summed E-state index contributed by atoms with van der Waals surface area (Å²) in [7, 11) is 0. The Morgan fingerprint density at radius 2 is 1.81 bits per heavy atom. The molecule has 1 atom stereocenters. The molecule has 37 heavy (non-hydrogen) atoms. The molecule has 0 aliphatic carbocycles. The van der Waals surface area contributed by atoms with Gasteiger partial charge in [0, 0.05) is 52.7 Å². The lowest BCUT2D eigenvalue weighted by Crippen LogP contribution is -2.36. The molecule has 1 unspecified atom stereocenters. The predicted octanol–water partition coefficient (Wildman–Crippen LogP) is 5.68. The normalized spacial score (nSPS) is 15.9. The maximum Gasteiger partial charge on any atom is 0.256 e. The number of carbonyl (C=O) groups excluding carboxylic acids is 2. The molecular formula is C30H33N3O3S. The first-order valence-corrected chi connectivity index (χ1v) is 13.8. The van der Waals surface area contributed by atoms with Gasteiger partial charge < -0.3 is 15.0 Å². The second-order valence-electron chi connectivity index (χ2n) is 10.1. The number of ether oxygens (including phenoxy) is 1. The minimum atomic E-state index is -0.202. The number of amides is 1. The van der Waals surface area contributed by atoms with Gasteiger partial charge in [0.2, 0.25) is 0 Å². The van der Waals surface area contributed by atoms with E-state index in [0.717, 1.165) is 49.5 Å². The zero-order chi connectivity index (χ0) is 25.8. The minimum absolute atomic E-state index is 0.123. The Morgan fingerprint density at radius 3 is 2.51 bits per heavy atom. The van der Waals surface area contributed by atoms with Crippen LogP contribution in [0.15, 0.2) is 65.0 Å². The molecule has 2 aliphatic rings. The third-order valence-corrected chi connectivity index (χ3v) is 8.00. The van der Waals surface area contributed by atoms with Crippen molar-refractivity contribution in [3.8, 4) is 0 Å². The Bertz CT molecular complexity index is 1280. The van der Waals surface area contributed by atoms with Crippen molar-refractivity contribution in [1.82, 2.24) is 5.32 Å². The lowest BCUT2D eigenvalue weighted by Gasteiger charge is -2.28. The van der Waals surface area contributed by atoms with Gasteiger partial charge >= 0.3 is 0 Å². The highest BCUT2D eigenvalue weighted by atomic mass is 32.1. The van der Waals surface area contributed by atoms with Gasteiger partial charge in [0.1, 0.15) is 5.84 Å². The third-order valence-electron chi connectivity index (χ3n) is 6.97. The van der Waals surface area contributed by atoms with Crippen LogP contribution >= 0.6 is 11.3 Å². The van der Waals surface area contributed by atoms with Gasteiger partial charge in [0.15, 0.2) is 5.78 Å². The average molecular weight is 516 g/mol. The van der Waals surface area contributed by atoms with E-state index < -0.39 is 0 Å². The Balaban J connectivity index is 1.27. The molecule has 3 heterocycles. The number of benzene rings is 2. The fraction of sp³-hybridized carbons (Fsp3) is 0.367. The highest BCUT2D eigenvalue weighted by molar-refractivity contribution is 7.10. The van der Waals surface area contributed by atoms with E-state index in [-0.39, 0.29) is 17.6 Å². The van der Waals surface area contributed by atoms with Gasteiger partial charge in [-0.05, 0) is 59.7 Å². The molecule has 192 valence electrons. The number of thiophene rings is 1. The number of aliphatic imine (C=N–C) groups is 1. The molecule has 6 nitrogen and oxygen atoms in total. The molecule has 0 bridgehead atoms. The van der Waals surface area contributed by atoms with Crippen molar-refractivity contribution in [2.24, 2.45) is 10.9 Å². The van der Waals surface area contributed by atoms with E-state index in [9.17, 15) is 9.59 Å². The highest BCUT2D eigenvalue weighted by Gasteiger charge is 2.23. The van der Waals surface area contributed by atoms with Crippen LogP contribution in [0.25, 0.3) is 0 Å². The first-order chi connectivity index (χ1) is 18.0. The molecule has 0 saturated carbocycles. The summed E-state index contributed by atoms with van der Waals surface area (Å²) in [6, 6.07) is 17.6. The number of carbonyl (C=O) groups is 2. The molecule has 5 rings (SSSR count). The molecule has 1 saturated heterocycles.